The maximum absolute atomic E-state index is 13.3. The highest BCUT2D eigenvalue weighted by Gasteiger charge is 2.27. The number of nitrogen functional groups attached to an aromatic ring is 1. The Kier molecular flexibility index (Phi) is 3.72. The zero-order chi connectivity index (χ0) is 15.5. The van der Waals surface area contributed by atoms with Gasteiger partial charge in [0.25, 0.3) is 0 Å². The molecule has 0 radical (unpaired) electrons. The Morgan fingerprint density at radius 2 is 2.14 bits per heavy atom. The van der Waals surface area contributed by atoms with Crippen molar-refractivity contribution < 1.29 is 13.9 Å². The highest BCUT2D eigenvalue weighted by Crippen LogP contribution is 2.35. The van der Waals surface area contributed by atoms with E-state index < -0.39 is 5.82 Å². The Hall–Kier alpha value is -2.92. The van der Waals surface area contributed by atoms with Crippen LogP contribution in [0.2, 0.25) is 0 Å². The van der Waals surface area contributed by atoms with Gasteiger partial charge in [0.2, 0.25) is 5.88 Å². The molecule has 0 bridgehead atoms. The van der Waals surface area contributed by atoms with Crippen LogP contribution in [0, 0.1) is 11.7 Å². The molecule has 0 amide bonds. The summed E-state index contributed by atoms with van der Waals surface area (Å²) in [6, 6.07) is 5.39. The molecule has 1 saturated carbocycles. The van der Waals surface area contributed by atoms with Crippen molar-refractivity contribution in [2.24, 2.45) is 5.92 Å². The molecule has 3 rings (SSSR count). The van der Waals surface area contributed by atoms with Gasteiger partial charge in [-0.25, -0.2) is 19.2 Å². The van der Waals surface area contributed by atoms with Gasteiger partial charge >= 0.3 is 0 Å². The first-order valence-electron chi connectivity index (χ1n) is 6.72. The van der Waals surface area contributed by atoms with Gasteiger partial charge in [0, 0.05) is 29.8 Å². The quantitative estimate of drug-likeness (QED) is 0.651. The average molecular weight is 300 g/mol. The topological polar surface area (TPSA) is 90.1 Å². The third kappa shape index (κ3) is 3.39. The monoisotopic (exact) mass is 300 g/mol. The lowest BCUT2D eigenvalue weighted by atomic mass is 10.3. The predicted molar refractivity (Wildman–Crippen MR) is 78.5 cm³/mol. The van der Waals surface area contributed by atoms with E-state index in [0.717, 1.165) is 12.8 Å². The summed E-state index contributed by atoms with van der Waals surface area (Å²) in [7, 11) is 0. The normalized spacial score (nSPS) is 13.3. The van der Waals surface area contributed by atoms with Crippen LogP contribution in [0.1, 0.15) is 12.8 Å². The number of benzene rings is 1. The summed E-state index contributed by atoms with van der Waals surface area (Å²) in [5.74, 6) is 2.47. The number of nitrogens with zero attached hydrogens (tertiary/aromatic N) is 2. The van der Waals surface area contributed by atoms with Gasteiger partial charge in [-0.3, -0.25) is 0 Å². The molecule has 1 heterocycles. The maximum atomic E-state index is 13.3. The summed E-state index contributed by atoms with van der Waals surface area (Å²) in [4.78, 5) is 18.8. The minimum absolute atomic E-state index is 0.212. The van der Waals surface area contributed by atoms with Crippen molar-refractivity contribution in [2.45, 2.75) is 12.8 Å². The third-order valence-electron chi connectivity index (χ3n) is 3.12. The highest BCUT2D eigenvalue weighted by atomic mass is 19.1. The molecule has 3 N–H and O–H groups in total. The minimum Gasteiger partial charge on any atom is -0.439 e. The Morgan fingerprint density at radius 1 is 1.32 bits per heavy atom. The molecular weight excluding hydrogens is 287 g/mol. The largest absolute Gasteiger partial charge is 0.439 e. The Balaban J connectivity index is 1.77. The van der Waals surface area contributed by atoms with Crippen molar-refractivity contribution in [3.8, 4) is 11.6 Å². The van der Waals surface area contributed by atoms with Crippen LogP contribution in [0.3, 0.4) is 0 Å². The summed E-state index contributed by atoms with van der Waals surface area (Å²) in [5.41, 5.74) is 6.28. The van der Waals surface area contributed by atoms with Gasteiger partial charge in [-0.15, -0.1) is 0 Å². The molecule has 1 aromatic heterocycles. The first kappa shape index (κ1) is 14.0. The third-order valence-corrected chi connectivity index (χ3v) is 3.12. The summed E-state index contributed by atoms with van der Waals surface area (Å²) >= 11 is 0. The van der Waals surface area contributed by atoms with Gasteiger partial charge < -0.3 is 15.8 Å². The predicted octanol–water partition coefficient (Wildman–Crippen LogP) is 2.53. The molecule has 1 fully saturated rings. The smallest absolute Gasteiger partial charge is 0.224 e. The van der Waals surface area contributed by atoms with Crippen molar-refractivity contribution >= 4 is 17.4 Å². The van der Waals surface area contributed by atoms with E-state index in [1.54, 1.807) is 0 Å². The van der Waals surface area contributed by atoms with Gasteiger partial charge in [-0.1, -0.05) is 0 Å². The van der Waals surface area contributed by atoms with Crippen molar-refractivity contribution in [1.29, 1.82) is 0 Å². The number of allylic oxidation sites excluding steroid dienone is 1. The van der Waals surface area contributed by atoms with E-state index in [2.05, 4.69) is 15.3 Å². The van der Waals surface area contributed by atoms with Crippen LogP contribution in [-0.4, -0.2) is 15.9 Å². The molecule has 1 aromatic carbocycles. The molecule has 22 heavy (non-hydrogen) atoms. The fraction of sp³-hybridized carbons (Fsp3) is 0.200. The lowest BCUT2D eigenvalue weighted by Crippen LogP contribution is -2.04. The number of hydrogen-bond donors (Lipinski definition) is 2. The molecule has 1 aliphatic carbocycles. The van der Waals surface area contributed by atoms with Crippen LogP contribution in [0.25, 0.3) is 0 Å². The van der Waals surface area contributed by atoms with Gasteiger partial charge in [0.05, 0.1) is 0 Å². The number of aromatic nitrogens is 2. The summed E-state index contributed by atoms with van der Waals surface area (Å²) < 4.78 is 18.7. The Bertz CT molecular complexity index is 735. The van der Waals surface area contributed by atoms with Crippen LogP contribution in [0.15, 0.2) is 36.3 Å². The van der Waals surface area contributed by atoms with Gasteiger partial charge in [0.1, 0.15) is 35.4 Å². The zero-order valence-electron chi connectivity index (χ0n) is 11.5. The lowest BCUT2D eigenvalue weighted by Gasteiger charge is -2.08. The molecule has 1 aliphatic rings. The standard InChI is InChI=1S/C15H13FN4O2/c16-10-3-11(17)5-12(4-10)22-15-6-14(18-8-19-15)20-13(7-21)9-1-2-9/h3-6,8-9H,1-2,17H2,(H,18,19,20). The number of halogens is 1. The van der Waals surface area contributed by atoms with Crippen molar-refractivity contribution in [1.82, 2.24) is 9.97 Å². The molecule has 0 spiro atoms. The fourth-order valence-corrected chi connectivity index (χ4v) is 1.95. The number of ether oxygens (including phenoxy) is 1. The average Bonchev–Trinajstić information content (AvgIpc) is 3.28. The Morgan fingerprint density at radius 3 is 2.82 bits per heavy atom. The van der Waals surface area contributed by atoms with E-state index in [1.807, 2.05) is 5.94 Å². The van der Waals surface area contributed by atoms with E-state index in [-0.39, 0.29) is 23.2 Å². The zero-order valence-corrected chi connectivity index (χ0v) is 11.5. The highest BCUT2D eigenvalue weighted by molar-refractivity contribution is 5.62. The minimum atomic E-state index is -0.498. The summed E-state index contributed by atoms with van der Waals surface area (Å²) in [6.07, 6.45) is 3.22. The number of carbonyl (C=O) groups excluding carboxylic acids is 1. The van der Waals surface area contributed by atoms with Crippen molar-refractivity contribution in [3.63, 3.8) is 0 Å². The van der Waals surface area contributed by atoms with E-state index in [1.165, 1.54) is 30.6 Å². The summed E-state index contributed by atoms with van der Waals surface area (Å²) in [5, 5.41) is 2.90. The SMILES string of the molecule is Nc1cc(F)cc(Oc2cc(NC(=C=O)C3CC3)ncn2)c1. The van der Waals surface area contributed by atoms with Crippen molar-refractivity contribution in [3.05, 3.63) is 42.1 Å². The second kappa shape index (κ2) is 5.83. The number of anilines is 2. The number of nitrogens with one attached hydrogen (secondary N) is 1. The van der Waals surface area contributed by atoms with Crippen molar-refractivity contribution in [2.75, 3.05) is 11.1 Å². The van der Waals surface area contributed by atoms with Crippen LogP contribution >= 0.6 is 0 Å². The molecule has 0 atom stereocenters. The second-order valence-electron chi connectivity index (χ2n) is 4.98. The van der Waals surface area contributed by atoms with E-state index in [4.69, 9.17) is 10.5 Å². The van der Waals surface area contributed by atoms with Gasteiger partial charge in [-0.05, 0) is 18.9 Å². The number of rotatable bonds is 5. The lowest BCUT2D eigenvalue weighted by molar-refractivity contribution is 0.457. The van der Waals surface area contributed by atoms with Gasteiger partial charge in [-0.2, -0.15) is 0 Å². The molecule has 6 nitrogen and oxygen atoms in total. The first-order valence-corrected chi connectivity index (χ1v) is 6.72. The molecule has 7 heteroatoms. The van der Waals surface area contributed by atoms with Crippen LogP contribution in [0.4, 0.5) is 15.9 Å². The fourth-order valence-electron chi connectivity index (χ4n) is 1.95. The van der Waals surface area contributed by atoms with Gasteiger partial charge in [0.15, 0.2) is 0 Å². The molecule has 0 unspecified atom stereocenters. The first-order chi connectivity index (χ1) is 10.6. The summed E-state index contributed by atoms with van der Waals surface area (Å²) in [6.45, 7) is 0. The maximum Gasteiger partial charge on any atom is 0.224 e. The molecule has 112 valence electrons. The van der Waals surface area contributed by atoms with E-state index in [9.17, 15) is 9.18 Å². The van der Waals surface area contributed by atoms with E-state index in [0.29, 0.717) is 11.5 Å². The molecule has 0 aliphatic heterocycles. The Labute approximate surface area is 125 Å². The van der Waals surface area contributed by atoms with Crippen LogP contribution in [-0.2, 0) is 4.79 Å². The second-order valence-corrected chi connectivity index (χ2v) is 4.98. The molecule has 2 aromatic rings. The molecular formula is C15H13FN4O2. The number of nitrogens with two attached hydrogens (primary N) is 1. The number of hydrogen-bond acceptors (Lipinski definition) is 6. The van der Waals surface area contributed by atoms with Crippen LogP contribution < -0.4 is 15.8 Å². The van der Waals surface area contributed by atoms with E-state index >= 15 is 0 Å². The van der Waals surface area contributed by atoms with Crippen LogP contribution in [0.5, 0.6) is 11.6 Å². The molecule has 0 saturated heterocycles.